The van der Waals surface area contributed by atoms with E-state index in [4.69, 9.17) is 5.73 Å². The van der Waals surface area contributed by atoms with Crippen LogP contribution in [0.15, 0.2) is 35.4 Å². The minimum Gasteiger partial charge on any atom is -0.330 e. The first-order valence-electron chi connectivity index (χ1n) is 4.96. The van der Waals surface area contributed by atoms with Gasteiger partial charge in [-0.2, -0.15) is 5.10 Å². The Labute approximate surface area is 84.0 Å². The molecule has 3 N–H and O–H groups in total. The fourth-order valence-corrected chi connectivity index (χ4v) is 1.70. The summed E-state index contributed by atoms with van der Waals surface area (Å²) in [6, 6.07) is 10.7. The molecule has 74 valence electrons. The molecule has 2 rings (SSSR count). The smallest absolute Gasteiger partial charge is 0.0742 e. The third kappa shape index (κ3) is 1.93. The highest BCUT2D eigenvalue weighted by Gasteiger charge is 2.18. The summed E-state index contributed by atoms with van der Waals surface area (Å²) in [7, 11) is 0. The fraction of sp³-hybridized carbons (Fsp3) is 0.364. The molecule has 0 fully saturated rings. The van der Waals surface area contributed by atoms with Crippen molar-refractivity contribution in [2.45, 2.75) is 18.9 Å². The largest absolute Gasteiger partial charge is 0.330 e. The number of hydrogen-bond donors (Lipinski definition) is 2. The molecular formula is C11H15N3. The Hall–Kier alpha value is -1.35. The average Bonchev–Trinajstić information content (AvgIpc) is 2.68. The maximum absolute atomic E-state index is 5.48. The highest BCUT2D eigenvalue weighted by molar-refractivity contribution is 5.86. The second-order valence-corrected chi connectivity index (χ2v) is 3.51. The predicted octanol–water partition coefficient (Wildman–Crippen LogP) is 1.43. The molecule has 0 spiro atoms. The van der Waals surface area contributed by atoms with Gasteiger partial charge in [0.2, 0.25) is 0 Å². The third-order valence-electron chi connectivity index (χ3n) is 2.45. The molecular weight excluding hydrogens is 174 g/mol. The molecule has 0 aliphatic carbocycles. The lowest BCUT2D eigenvalue weighted by Crippen LogP contribution is -2.10. The quantitative estimate of drug-likeness (QED) is 0.755. The summed E-state index contributed by atoms with van der Waals surface area (Å²) in [5, 5.41) is 4.27. The maximum Gasteiger partial charge on any atom is 0.0742 e. The molecule has 14 heavy (non-hydrogen) atoms. The highest BCUT2D eigenvalue weighted by atomic mass is 15.3. The van der Waals surface area contributed by atoms with Crippen LogP contribution in [-0.2, 0) is 0 Å². The van der Waals surface area contributed by atoms with E-state index in [2.05, 4.69) is 34.8 Å². The van der Waals surface area contributed by atoms with Gasteiger partial charge in [-0.3, -0.25) is 0 Å². The zero-order chi connectivity index (χ0) is 9.80. The van der Waals surface area contributed by atoms with Gasteiger partial charge < -0.3 is 11.2 Å². The summed E-state index contributed by atoms with van der Waals surface area (Å²) < 4.78 is 0. The molecule has 0 saturated heterocycles. The number of nitrogens with zero attached hydrogens (tertiary/aromatic N) is 1. The van der Waals surface area contributed by atoms with Gasteiger partial charge in [-0.1, -0.05) is 30.3 Å². The number of nitrogens with one attached hydrogen (secondary N) is 1. The molecule has 1 aromatic carbocycles. The first-order chi connectivity index (χ1) is 6.90. The lowest BCUT2D eigenvalue weighted by Gasteiger charge is -2.09. The van der Waals surface area contributed by atoms with E-state index in [1.165, 1.54) is 11.3 Å². The lowest BCUT2D eigenvalue weighted by molar-refractivity contribution is 0.620. The number of rotatable bonds is 3. The summed E-state index contributed by atoms with van der Waals surface area (Å²) >= 11 is 0. The number of hydrogen-bond acceptors (Lipinski definition) is 3. The van der Waals surface area contributed by atoms with Crippen molar-refractivity contribution < 1.29 is 0 Å². The van der Waals surface area contributed by atoms with Gasteiger partial charge in [0, 0.05) is 12.1 Å². The van der Waals surface area contributed by atoms with Gasteiger partial charge in [0.15, 0.2) is 0 Å². The lowest BCUT2D eigenvalue weighted by atomic mass is 10.0. The van der Waals surface area contributed by atoms with E-state index >= 15 is 0 Å². The number of hydrazone groups is 1. The van der Waals surface area contributed by atoms with E-state index in [1.807, 2.05) is 6.07 Å². The molecule has 1 heterocycles. The summed E-state index contributed by atoms with van der Waals surface area (Å²) in [5.41, 5.74) is 11.1. The molecule has 0 saturated carbocycles. The van der Waals surface area contributed by atoms with Crippen molar-refractivity contribution in [1.29, 1.82) is 0 Å². The van der Waals surface area contributed by atoms with E-state index in [0.717, 1.165) is 12.8 Å². The molecule has 0 bridgehead atoms. The molecule has 0 radical (unpaired) electrons. The second-order valence-electron chi connectivity index (χ2n) is 3.51. The standard InChI is InChI=1S/C11H15N3/c12-7-6-10-8-11(14-13-10)9-4-2-1-3-5-9/h1-5,11,14H,6-8,12H2. The zero-order valence-corrected chi connectivity index (χ0v) is 8.11. The van der Waals surface area contributed by atoms with Crippen molar-refractivity contribution in [3.63, 3.8) is 0 Å². The van der Waals surface area contributed by atoms with Crippen molar-refractivity contribution in [3.8, 4) is 0 Å². The Morgan fingerprint density at radius 1 is 1.36 bits per heavy atom. The van der Waals surface area contributed by atoms with Crippen LogP contribution in [0.2, 0.25) is 0 Å². The monoisotopic (exact) mass is 189 g/mol. The van der Waals surface area contributed by atoms with E-state index < -0.39 is 0 Å². The Morgan fingerprint density at radius 3 is 2.86 bits per heavy atom. The molecule has 1 unspecified atom stereocenters. The third-order valence-corrected chi connectivity index (χ3v) is 2.45. The van der Waals surface area contributed by atoms with Crippen LogP contribution in [0.3, 0.4) is 0 Å². The Bertz CT molecular complexity index is 319. The van der Waals surface area contributed by atoms with E-state index in [9.17, 15) is 0 Å². The summed E-state index contributed by atoms with van der Waals surface area (Å²) in [6.07, 6.45) is 1.89. The zero-order valence-electron chi connectivity index (χ0n) is 8.11. The highest BCUT2D eigenvalue weighted by Crippen LogP contribution is 2.21. The maximum atomic E-state index is 5.48. The minimum atomic E-state index is 0.345. The second kappa shape index (κ2) is 4.24. The number of nitrogens with two attached hydrogens (primary N) is 1. The van der Waals surface area contributed by atoms with Crippen LogP contribution in [0.1, 0.15) is 24.4 Å². The van der Waals surface area contributed by atoms with Crippen LogP contribution < -0.4 is 11.2 Å². The van der Waals surface area contributed by atoms with Crippen molar-refractivity contribution in [1.82, 2.24) is 5.43 Å². The van der Waals surface area contributed by atoms with Crippen molar-refractivity contribution >= 4 is 5.71 Å². The van der Waals surface area contributed by atoms with Crippen LogP contribution in [-0.4, -0.2) is 12.3 Å². The fourth-order valence-electron chi connectivity index (χ4n) is 1.70. The van der Waals surface area contributed by atoms with Crippen LogP contribution >= 0.6 is 0 Å². The minimum absolute atomic E-state index is 0.345. The predicted molar refractivity (Wildman–Crippen MR) is 58.0 cm³/mol. The van der Waals surface area contributed by atoms with E-state index in [-0.39, 0.29) is 0 Å². The molecule has 0 aromatic heterocycles. The Morgan fingerprint density at radius 2 is 2.14 bits per heavy atom. The normalized spacial score (nSPS) is 20.4. The summed E-state index contributed by atoms with van der Waals surface area (Å²) in [4.78, 5) is 0. The topological polar surface area (TPSA) is 50.4 Å². The van der Waals surface area contributed by atoms with E-state index in [1.54, 1.807) is 0 Å². The first kappa shape index (κ1) is 9.21. The van der Waals surface area contributed by atoms with Gasteiger partial charge in [0.05, 0.1) is 6.04 Å². The molecule has 1 aliphatic heterocycles. The Kier molecular flexibility index (Phi) is 2.79. The van der Waals surface area contributed by atoms with Gasteiger partial charge in [-0.25, -0.2) is 0 Å². The van der Waals surface area contributed by atoms with Crippen LogP contribution in [0.25, 0.3) is 0 Å². The molecule has 3 heteroatoms. The van der Waals surface area contributed by atoms with Crippen LogP contribution in [0, 0.1) is 0 Å². The van der Waals surface area contributed by atoms with Gasteiger partial charge in [-0.15, -0.1) is 0 Å². The van der Waals surface area contributed by atoms with Crippen LogP contribution in [0.4, 0.5) is 0 Å². The van der Waals surface area contributed by atoms with Gasteiger partial charge in [0.1, 0.15) is 0 Å². The van der Waals surface area contributed by atoms with Gasteiger partial charge in [-0.05, 0) is 18.5 Å². The van der Waals surface area contributed by atoms with Crippen molar-refractivity contribution in [2.24, 2.45) is 10.8 Å². The summed E-state index contributed by atoms with van der Waals surface area (Å²) in [6.45, 7) is 0.683. The molecule has 0 amide bonds. The van der Waals surface area contributed by atoms with Crippen molar-refractivity contribution in [3.05, 3.63) is 35.9 Å². The summed E-state index contributed by atoms with van der Waals surface area (Å²) in [5.74, 6) is 0. The first-order valence-corrected chi connectivity index (χ1v) is 4.96. The average molecular weight is 189 g/mol. The SMILES string of the molecule is NCCC1=NNC(c2ccccc2)C1. The van der Waals surface area contributed by atoms with Gasteiger partial charge in [0.25, 0.3) is 0 Å². The van der Waals surface area contributed by atoms with Gasteiger partial charge >= 0.3 is 0 Å². The Balaban J connectivity index is 1.99. The van der Waals surface area contributed by atoms with Crippen molar-refractivity contribution in [2.75, 3.05) is 6.54 Å². The molecule has 1 aromatic rings. The molecule has 1 aliphatic rings. The number of benzene rings is 1. The molecule has 3 nitrogen and oxygen atoms in total. The molecule has 1 atom stereocenters. The van der Waals surface area contributed by atoms with E-state index in [0.29, 0.717) is 12.6 Å². The van der Waals surface area contributed by atoms with Crippen LogP contribution in [0.5, 0.6) is 0 Å².